The van der Waals surface area contributed by atoms with Crippen LogP contribution in [0.5, 0.6) is 0 Å². The van der Waals surface area contributed by atoms with Crippen molar-refractivity contribution < 1.29 is 39.6 Å². The third-order valence-electron chi connectivity index (χ3n) is 7.89. The van der Waals surface area contributed by atoms with Gasteiger partial charge in [0, 0.05) is 43.7 Å². The number of H-pyrrole nitrogens is 2. The molecule has 2 aromatic heterocycles. The van der Waals surface area contributed by atoms with Gasteiger partial charge in [-0.25, -0.2) is 19.2 Å². The second-order valence-electron chi connectivity index (χ2n) is 10.5. The molecule has 0 aliphatic heterocycles. The Kier molecular flexibility index (Phi) is 5.76. The fourth-order valence-corrected chi connectivity index (χ4v) is 5.82. The van der Waals surface area contributed by atoms with E-state index in [9.17, 15) is 39.6 Å². The SMILES string of the molecule is O=C(O)c1ccc2[nH]c3c(-c4cccc(-c5cc(C(=O)O)cc6c5[nH]c5ccc(C(=O)O)cc56)c4)cc(C(=O)O)cc3c2c1. The van der Waals surface area contributed by atoms with Gasteiger partial charge >= 0.3 is 23.9 Å². The molecule has 0 saturated heterocycles. The first-order chi connectivity index (χ1) is 21.1. The zero-order valence-corrected chi connectivity index (χ0v) is 22.5. The molecule has 0 spiro atoms. The Balaban J connectivity index is 1.49. The zero-order chi connectivity index (χ0) is 30.9. The first-order valence-corrected chi connectivity index (χ1v) is 13.3. The van der Waals surface area contributed by atoms with Crippen LogP contribution in [0.4, 0.5) is 0 Å². The molecule has 0 radical (unpaired) electrons. The van der Waals surface area contributed by atoms with Crippen molar-refractivity contribution in [2.24, 2.45) is 0 Å². The first kappa shape index (κ1) is 26.5. The molecule has 0 aliphatic rings. The summed E-state index contributed by atoms with van der Waals surface area (Å²) in [6.45, 7) is 0. The van der Waals surface area contributed by atoms with Crippen LogP contribution in [0.3, 0.4) is 0 Å². The van der Waals surface area contributed by atoms with E-state index in [2.05, 4.69) is 9.97 Å². The fourth-order valence-electron chi connectivity index (χ4n) is 5.82. The van der Waals surface area contributed by atoms with Crippen LogP contribution in [-0.2, 0) is 0 Å². The highest BCUT2D eigenvalue weighted by Crippen LogP contribution is 2.39. The van der Waals surface area contributed by atoms with Crippen molar-refractivity contribution in [3.05, 3.63) is 107 Å². The summed E-state index contributed by atoms with van der Waals surface area (Å²) in [6.07, 6.45) is 0. The molecule has 0 saturated carbocycles. The number of hydrogen-bond donors (Lipinski definition) is 6. The van der Waals surface area contributed by atoms with Gasteiger partial charge in [-0.15, -0.1) is 0 Å². The largest absolute Gasteiger partial charge is 0.478 e. The normalized spacial score (nSPS) is 11.5. The number of nitrogens with one attached hydrogen (secondary N) is 2. The molecule has 0 fully saturated rings. The Bertz CT molecular complexity index is 2250. The van der Waals surface area contributed by atoms with E-state index in [1.54, 1.807) is 30.3 Å². The molecule has 214 valence electrons. The van der Waals surface area contributed by atoms with E-state index >= 15 is 0 Å². The highest BCUT2D eigenvalue weighted by molar-refractivity contribution is 6.17. The third-order valence-corrected chi connectivity index (χ3v) is 7.89. The van der Waals surface area contributed by atoms with Crippen molar-refractivity contribution in [2.75, 3.05) is 0 Å². The van der Waals surface area contributed by atoms with Gasteiger partial charge in [-0.1, -0.05) is 18.2 Å². The van der Waals surface area contributed by atoms with Crippen molar-refractivity contribution in [3.63, 3.8) is 0 Å². The van der Waals surface area contributed by atoms with E-state index < -0.39 is 23.9 Å². The number of carboxylic acid groups (broad SMARTS) is 4. The quantitative estimate of drug-likeness (QED) is 0.120. The highest BCUT2D eigenvalue weighted by Gasteiger charge is 2.19. The lowest BCUT2D eigenvalue weighted by molar-refractivity contribution is 0.0686. The van der Waals surface area contributed by atoms with Crippen LogP contribution in [0.1, 0.15) is 41.4 Å². The van der Waals surface area contributed by atoms with E-state index in [1.165, 1.54) is 48.5 Å². The van der Waals surface area contributed by atoms with Crippen LogP contribution in [0.2, 0.25) is 0 Å². The number of carbonyl (C=O) groups is 4. The van der Waals surface area contributed by atoms with Gasteiger partial charge in [-0.2, -0.15) is 0 Å². The van der Waals surface area contributed by atoms with E-state index in [4.69, 9.17) is 0 Å². The molecule has 5 aromatic carbocycles. The molecule has 44 heavy (non-hydrogen) atoms. The maximum Gasteiger partial charge on any atom is 0.335 e. The number of hydrogen-bond acceptors (Lipinski definition) is 4. The molecular weight excluding hydrogens is 564 g/mol. The van der Waals surface area contributed by atoms with E-state index in [-0.39, 0.29) is 22.3 Å². The fraction of sp³-hybridized carbons (Fsp3) is 0. The number of rotatable bonds is 6. The summed E-state index contributed by atoms with van der Waals surface area (Å²) >= 11 is 0. The molecule has 7 rings (SSSR count). The average Bonchev–Trinajstić information content (AvgIpc) is 3.57. The molecular formula is C34H20N2O8. The maximum atomic E-state index is 12.1. The minimum atomic E-state index is -1.15. The van der Waals surface area contributed by atoms with Crippen molar-refractivity contribution in [2.45, 2.75) is 0 Å². The van der Waals surface area contributed by atoms with Gasteiger partial charge < -0.3 is 30.4 Å². The molecule has 0 aliphatic carbocycles. The minimum Gasteiger partial charge on any atom is -0.478 e. The van der Waals surface area contributed by atoms with Crippen molar-refractivity contribution in [3.8, 4) is 22.3 Å². The monoisotopic (exact) mass is 584 g/mol. The Labute approximate surface area is 246 Å². The van der Waals surface area contributed by atoms with Gasteiger partial charge in [0.1, 0.15) is 0 Å². The van der Waals surface area contributed by atoms with Gasteiger partial charge in [-0.3, -0.25) is 0 Å². The Morgan fingerprint density at radius 1 is 0.432 bits per heavy atom. The lowest BCUT2D eigenvalue weighted by atomic mass is 9.94. The van der Waals surface area contributed by atoms with Crippen molar-refractivity contribution in [1.82, 2.24) is 9.97 Å². The Morgan fingerprint density at radius 3 is 1.20 bits per heavy atom. The number of aromatic nitrogens is 2. The van der Waals surface area contributed by atoms with Crippen molar-refractivity contribution >= 4 is 67.5 Å². The van der Waals surface area contributed by atoms with Crippen LogP contribution in [0.25, 0.3) is 65.9 Å². The zero-order valence-electron chi connectivity index (χ0n) is 22.5. The second-order valence-corrected chi connectivity index (χ2v) is 10.5. The molecule has 7 aromatic rings. The number of fused-ring (bicyclic) bond motifs is 6. The molecule has 10 nitrogen and oxygen atoms in total. The molecule has 6 N–H and O–H groups in total. The van der Waals surface area contributed by atoms with E-state index in [0.717, 1.165) is 0 Å². The van der Waals surface area contributed by atoms with E-state index in [1.807, 2.05) is 6.07 Å². The smallest absolute Gasteiger partial charge is 0.335 e. The standard InChI is InChI=1S/C34H20N2O8/c37-31(38)17-4-6-27-23(9-17)25-13-19(33(41)42)11-21(29(25)35-27)15-2-1-3-16(8-15)22-12-20(34(43)44)14-26-24-10-18(32(39)40)5-7-28(24)36-30(22)26/h1-14,35-36H,(H,37,38)(H,39,40)(H,41,42)(H,43,44). The average molecular weight is 585 g/mol. The van der Waals surface area contributed by atoms with Crippen LogP contribution >= 0.6 is 0 Å². The lowest BCUT2D eigenvalue weighted by Crippen LogP contribution is -1.98. The van der Waals surface area contributed by atoms with Crippen LogP contribution in [-0.4, -0.2) is 54.3 Å². The molecule has 0 atom stereocenters. The highest BCUT2D eigenvalue weighted by atomic mass is 16.4. The topological polar surface area (TPSA) is 181 Å². The molecule has 0 amide bonds. The minimum absolute atomic E-state index is 0.0136. The second kappa shape index (κ2) is 9.57. The predicted molar refractivity (Wildman–Crippen MR) is 164 cm³/mol. The lowest BCUT2D eigenvalue weighted by Gasteiger charge is -2.11. The summed E-state index contributed by atoms with van der Waals surface area (Å²) in [5.74, 6) is -4.50. The molecule has 0 unspecified atom stereocenters. The van der Waals surface area contributed by atoms with Gasteiger partial charge in [0.25, 0.3) is 0 Å². The third kappa shape index (κ3) is 4.12. The summed E-state index contributed by atoms with van der Waals surface area (Å²) in [7, 11) is 0. The van der Waals surface area contributed by atoms with Crippen LogP contribution in [0.15, 0.2) is 84.9 Å². The summed E-state index contributed by atoms with van der Waals surface area (Å²) in [6, 6.07) is 22.5. The Morgan fingerprint density at radius 2 is 0.818 bits per heavy atom. The van der Waals surface area contributed by atoms with Gasteiger partial charge in [-0.05, 0) is 77.9 Å². The molecule has 10 heteroatoms. The molecule has 0 bridgehead atoms. The molecule has 2 heterocycles. The first-order valence-electron chi connectivity index (χ1n) is 13.3. The summed E-state index contributed by atoms with van der Waals surface area (Å²) in [4.78, 5) is 54.2. The number of aromatic carboxylic acids is 4. The van der Waals surface area contributed by atoms with Gasteiger partial charge in [0.15, 0.2) is 0 Å². The number of aromatic amines is 2. The van der Waals surface area contributed by atoms with Crippen molar-refractivity contribution in [1.29, 1.82) is 0 Å². The Hall–Kier alpha value is -6.42. The van der Waals surface area contributed by atoms with Gasteiger partial charge in [0.05, 0.1) is 33.3 Å². The summed E-state index contributed by atoms with van der Waals surface area (Å²) in [5, 5.41) is 41.1. The number of carboxylic acids is 4. The van der Waals surface area contributed by atoms with Crippen LogP contribution < -0.4 is 0 Å². The number of benzene rings is 5. The predicted octanol–water partition coefficient (Wildman–Crippen LogP) is 7.08. The van der Waals surface area contributed by atoms with E-state index in [0.29, 0.717) is 65.9 Å². The summed E-state index contributed by atoms with van der Waals surface area (Å²) in [5.41, 5.74) is 5.06. The van der Waals surface area contributed by atoms with Gasteiger partial charge in [0.2, 0.25) is 0 Å². The maximum absolute atomic E-state index is 12.1. The van der Waals surface area contributed by atoms with Crippen LogP contribution in [0, 0.1) is 0 Å². The summed E-state index contributed by atoms with van der Waals surface area (Å²) < 4.78 is 0.